The SMILES string of the molecule is Cc1ccc(C2CCCCN2)cc1N. The Morgan fingerprint density at radius 1 is 1.36 bits per heavy atom. The fraction of sp³-hybridized carbons (Fsp3) is 0.500. The number of anilines is 1. The molecule has 0 amide bonds. The second-order valence-electron chi connectivity index (χ2n) is 4.12. The minimum absolute atomic E-state index is 0.520. The Balaban J connectivity index is 2.18. The van der Waals surface area contributed by atoms with Crippen molar-refractivity contribution >= 4 is 5.69 Å². The van der Waals surface area contributed by atoms with Crippen LogP contribution in [0.15, 0.2) is 18.2 Å². The van der Waals surface area contributed by atoms with Gasteiger partial charge in [0.05, 0.1) is 0 Å². The Morgan fingerprint density at radius 2 is 2.21 bits per heavy atom. The minimum atomic E-state index is 0.520. The molecular weight excluding hydrogens is 172 g/mol. The number of piperidine rings is 1. The number of nitrogen functional groups attached to an aromatic ring is 1. The van der Waals surface area contributed by atoms with Crippen LogP contribution in [-0.2, 0) is 0 Å². The number of nitrogens with two attached hydrogens (primary N) is 1. The van der Waals surface area contributed by atoms with Gasteiger partial charge in [-0.05, 0) is 43.5 Å². The molecule has 1 aromatic carbocycles. The molecule has 0 aromatic heterocycles. The van der Waals surface area contributed by atoms with Gasteiger partial charge in [-0.15, -0.1) is 0 Å². The van der Waals surface area contributed by atoms with Gasteiger partial charge in [0.1, 0.15) is 0 Å². The van der Waals surface area contributed by atoms with E-state index >= 15 is 0 Å². The summed E-state index contributed by atoms with van der Waals surface area (Å²) in [4.78, 5) is 0. The molecule has 1 heterocycles. The van der Waals surface area contributed by atoms with Gasteiger partial charge in [0.2, 0.25) is 0 Å². The predicted molar refractivity (Wildman–Crippen MR) is 60.2 cm³/mol. The maximum absolute atomic E-state index is 5.90. The molecule has 0 spiro atoms. The van der Waals surface area contributed by atoms with Gasteiger partial charge in [0.15, 0.2) is 0 Å². The van der Waals surface area contributed by atoms with Crippen molar-refractivity contribution in [1.29, 1.82) is 0 Å². The molecule has 0 bridgehead atoms. The minimum Gasteiger partial charge on any atom is -0.399 e. The lowest BCUT2D eigenvalue weighted by Gasteiger charge is -2.24. The molecule has 2 heteroatoms. The van der Waals surface area contributed by atoms with Crippen LogP contribution >= 0.6 is 0 Å². The van der Waals surface area contributed by atoms with Crippen LogP contribution in [0.5, 0.6) is 0 Å². The maximum atomic E-state index is 5.90. The van der Waals surface area contributed by atoms with E-state index in [-0.39, 0.29) is 0 Å². The van der Waals surface area contributed by atoms with Crippen LogP contribution in [-0.4, -0.2) is 6.54 Å². The lowest BCUT2D eigenvalue weighted by Crippen LogP contribution is -2.26. The van der Waals surface area contributed by atoms with Gasteiger partial charge in [0.25, 0.3) is 0 Å². The molecule has 14 heavy (non-hydrogen) atoms. The maximum Gasteiger partial charge on any atom is 0.0347 e. The Morgan fingerprint density at radius 3 is 2.86 bits per heavy atom. The molecule has 3 N–H and O–H groups in total. The molecule has 0 radical (unpaired) electrons. The van der Waals surface area contributed by atoms with E-state index in [0.717, 1.165) is 12.2 Å². The van der Waals surface area contributed by atoms with E-state index in [1.165, 1.54) is 30.4 Å². The lowest BCUT2D eigenvalue weighted by atomic mass is 9.96. The van der Waals surface area contributed by atoms with Crippen LogP contribution in [0, 0.1) is 6.92 Å². The number of hydrogen-bond acceptors (Lipinski definition) is 2. The highest BCUT2D eigenvalue weighted by Crippen LogP contribution is 2.25. The Bertz CT molecular complexity index is 314. The predicted octanol–water partition coefficient (Wildman–Crippen LogP) is 2.39. The summed E-state index contributed by atoms with van der Waals surface area (Å²) in [5, 5.41) is 3.53. The summed E-state index contributed by atoms with van der Waals surface area (Å²) in [5.74, 6) is 0. The molecule has 76 valence electrons. The Kier molecular flexibility index (Phi) is 2.73. The number of benzene rings is 1. The second kappa shape index (κ2) is 4.01. The van der Waals surface area contributed by atoms with E-state index in [1.807, 2.05) is 6.92 Å². The third-order valence-corrected chi connectivity index (χ3v) is 3.02. The van der Waals surface area contributed by atoms with Crippen molar-refractivity contribution in [2.75, 3.05) is 12.3 Å². The summed E-state index contributed by atoms with van der Waals surface area (Å²) in [7, 11) is 0. The van der Waals surface area contributed by atoms with Crippen LogP contribution in [0.4, 0.5) is 5.69 Å². The van der Waals surface area contributed by atoms with Crippen molar-refractivity contribution in [2.45, 2.75) is 32.2 Å². The van der Waals surface area contributed by atoms with Crippen molar-refractivity contribution in [3.8, 4) is 0 Å². The van der Waals surface area contributed by atoms with Crippen LogP contribution in [0.1, 0.15) is 36.4 Å². The summed E-state index contributed by atoms with van der Waals surface area (Å²) < 4.78 is 0. The smallest absolute Gasteiger partial charge is 0.0347 e. The molecule has 1 aliphatic rings. The summed E-state index contributed by atoms with van der Waals surface area (Å²) in [6, 6.07) is 6.93. The lowest BCUT2D eigenvalue weighted by molar-refractivity contribution is 0.412. The zero-order valence-electron chi connectivity index (χ0n) is 8.72. The summed E-state index contributed by atoms with van der Waals surface area (Å²) in [6.45, 7) is 3.19. The Hall–Kier alpha value is -1.02. The van der Waals surface area contributed by atoms with Gasteiger partial charge in [-0.2, -0.15) is 0 Å². The van der Waals surface area contributed by atoms with Gasteiger partial charge in [-0.1, -0.05) is 18.6 Å². The van der Waals surface area contributed by atoms with Crippen molar-refractivity contribution in [2.24, 2.45) is 0 Å². The summed E-state index contributed by atoms with van der Waals surface area (Å²) >= 11 is 0. The first kappa shape index (κ1) is 9.53. The van der Waals surface area contributed by atoms with Gasteiger partial charge in [-0.3, -0.25) is 0 Å². The summed E-state index contributed by atoms with van der Waals surface area (Å²) in [6.07, 6.45) is 3.87. The van der Waals surface area contributed by atoms with E-state index in [4.69, 9.17) is 5.73 Å². The van der Waals surface area contributed by atoms with Gasteiger partial charge < -0.3 is 11.1 Å². The van der Waals surface area contributed by atoms with Crippen LogP contribution in [0.25, 0.3) is 0 Å². The average Bonchev–Trinajstić information content (AvgIpc) is 2.23. The first-order chi connectivity index (χ1) is 6.77. The molecular formula is C12H18N2. The summed E-state index contributed by atoms with van der Waals surface area (Å²) in [5.41, 5.74) is 9.32. The van der Waals surface area contributed by atoms with Gasteiger partial charge in [-0.25, -0.2) is 0 Å². The highest BCUT2D eigenvalue weighted by atomic mass is 14.9. The van der Waals surface area contributed by atoms with E-state index < -0.39 is 0 Å². The molecule has 2 nitrogen and oxygen atoms in total. The van der Waals surface area contributed by atoms with E-state index in [2.05, 4.69) is 23.5 Å². The average molecular weight is 190 g/mol. The topological polar surface area (TPSA) is 38.0 Å². The molecule has 1 atom stereocenters. The molecule has 0 saturated carbocycles. The van der Waals surface area contributed by atoms with Crippen LogP contribution < -0.4 is 11.1 Å². The third kappa shape index (κ3) is 1.90. The fourth-order valence-electron chi connectivity index (χ4n) is 2.01. The van der Waals surface area contributed by atoms with E-state index in [9.17, 15) is 0 Å². The zero-order chi connectivity index (χ0) is 9.97. The largest absolute Gasteiger partial charge is 0.399 e. The van der Waals surface area contributed by atoms with Crippen LogP contribution in [0.2, 0.25) is 0 Å². The van der Waals surface area contributed by atoms with Crippen molar-refractivity contribution < 1.29 is 0 Å². The third-order valence-electron chi connectivity index (χ3n) is 3.02. The van der Waals surface area contributed by atoms with Crippen molar-refractivity contribution in [3.05, 3.63) is 29.3 Å². The fourth-order valence-corrected chi connectivity index (χ4v) is 2.01. The zero-order valence-corrected chi connectivity index (χ0v) is 8.72. The van der Waals surface area contributed by atoms with Crippen molar-refractivity contribution in [3.63, 3.8) is 0 Å². The van der Waals surface area contributed by atoms with E-state index in [0.29, 0.717) is 6.04 Å². The molecule has 1 fully saturated rings. The van der Waals surface area contributed by atoms with Gasteiger partial charge in [0, 0.05) is 11.7 Å². The number of aryl methyl sites for hydroxylation is 1. The molecule has 1 saturated heterocycles. The Labute approximate surface area is 85.5 Å². The number of rotatable bonds is 1. The molecule has 0 aliphatic carbocycles. The normalized spacial score (nSPS) is 22.2. The van der Waals surface area contributed by atoms with E-state index in [1.54, 1.807) is 0 Å². The molecule has 1 aromatic rings. The second-order valence-corrected chi connectivity index (χ2v) is 4.12. The first-order valence-corrected chi connectivity index (χ1v) is 5.37. The molecule has 1 unspecified atom stereocenters. The van der Waals surface area contributed by atoms with Crippen LogP contribution in [0.3, 0.4) is 0 Å². The number of hydrogen-bond donors (Lipinski definition) is 2. The standard InChI is InChI=1S/C12H18N2/c1-9-5-6-10(8-11(9)13)12-4-2-3-7-14-12/h5-6,8,12,14H,2-4,7,13H2,1H3. The highest BCUT2D eigenvalue weighted by molar-refractivity contribution is 5.49. The quantitative estimate of drug-likeness (QED) is 0.667. The van der Waals surface area contributed by atoms with Crippen molar-refractivity contribution in [1.82, 2.24) is 5.32 Å². The monoisotopic (exact) mass is 190 g/mol. The highest BCUT2D eigenvalue weighted by Gasteiger charge is 2.14. The molecule has 1 aliphatic heterocycles. The number of nitrogens with one attached hydrogen (secondary N) is 1. The molecule has 2 rings (SSSR count). The van der Waals surface area contributed by atoms with Gasteiger partial charge >= 0.3 is 0 Å². The first-order valence-electron chi connectivity index (χ1n) is 5.37.